The molecule has 0 bridgehead atoms. The number of rotatable bonds is 5. The summed E-state index contributed by atoms with van der Waals surface area (Å²) < 4.78 is 0. The van der Waals surface area contributed by atoms with E-state index in [0.29, 0.717) is 10.0 Å². The Morgan fingerprint density at radius 3 is 2.43 bits per heavy atom. The van der Waals surface area contributed by atoms with Crippen molar-refractivity contribution in [1.82, 2.24) is 5.32 Å². The van der Waals surface area contributed by atoms with Gasteiger partial charge >= 0.3 is 0 Å². The average Bonchev–Trinajstić information content (AvgIpc) is 2.46. The third-order valence-electron chi connectivity index (χ3n) is 3.64. The molecule has 3 nitrogen and oxygen atoms in total. The maximum Gasteiger partial charge on any atom is 0.221 e. The highest BCUT2D eigenvalue weighted by Crippen LogP contribution is 2.28. The van der Waals surface area contributed by atoms with Crippen LogP contribution in [0.15, 0.2) is 42.5 Å². The summed E-state index contributed by atoms with van der Waals surface area (Å²) in [6.07, 6.45) is 0. The van der Waals surface area contributed by atoms with Crippen LogP contribution < -0.4 is 10.6 Å². The smallest absolute Gasteiger partial charge is 0.221 e. The third-order valence-corrected chi connectivity index (χ3v) is 4.20. The molecule has 0 aromatic heterocycles. The second-order valence-corrected chi connectivity index (χ2v) is 6.43. The molecule has 0 aliphatic rings. The molecule has 5 heteroatoms. The van der Waals surface area contributed by atoms with Crippen LogP contribution >= 0.6 is 23.2 Å². The van der Waals surface area contributed by atoms with Crippen molar-refractivity contribution in [2.45, 2.75) is 32.9 Å². The summed E-state index contributed by atoms with van der Waals surface area (Å²) in [5.74, 6) is -0.0796. The number of hydrogen-bond acceptors (Lipinski definition) is 2. The maximum atomic E-state index is 11.2. The Balaban J connectivity index is 2.11. The summed E-state index contributed by atoms with van der Waals surface area (Å²) in [4.78, 5) is 11.2. The first-order chi connectivity index (χ1) is 10.9. The minimum atomic E-state index is -0.0796. The first kappa shape index (κ1) is 17.8. The Hall–Kier alpha value is -1.55. The molecule has 0 saturated carbocycles. The molecule has 2 aromatic carbocycles. The van der Waals surface area contributed by atoms with Crippen molar-refractivity contribution < 1.29 is 4.79 Å². The van der Waals surface area contributed by atoms with Gasteiger partial charge in [-0.25, -0.2) is 0 Å². The zero-order valence-corrected chi connectivity index (χ0v) is 14.9. The average molecular weight is 351 g/mol. The Kier molecular flexibility index (Phi) is 6.05. The first-order valence-corrected chi connectivity index (χ1v) is 8.21. The minimum absolute atomic E-state index is 0.0687. The van der Waals surface area contributed by atoms with E-state index in [1.165, 1.54) is 6.92 Å². The number of halogens is 2. The topological polar surface area (TPSA) is 41.1 Å². The van der Waals surface area contributed by atoms with E-state index in [1.807, 2.05) is 36.4 Å². The van der Waals surface area contributed by atoms with Crippen LogP contribution in [0.25, 0.3) is 0 Å². The van der Waals surface area contributed by atoms with Gasteiger partial charge in [-0.3, -0.25) is 4.79 Å². The minimum Gasteiger partial charge on any atom is -0.326 e. The van der Waals surface area contributed by atoms with Crippen molar-refractivity contribution in [2.75, 3.05) is 5.32 Å². The van der Waals surface area contributed by atoms with Crippen molar-refractivity contribution in [3.63, 3.8) is 0 Å². The highest BCUT2D eigenvalue weighted by Gasteiger charge is 2.14. The molecule has 0 fully saturated rings. The standard InChI is InChI=1S/C18H20Cl2N2O/c1-11(14-5-4-6-16(9-14)22-13(3)23)21-12(2)17-8-7-15(19)10-18(17)20/h4-12,21H,1-3H3,(H,22,23). The van der Waals surface area contributed by atoms with Gasteiger partial charge in [-0.2, -0.15) is 0 Å². The Bertz CT molecular complexity index is 703. The third kappa shape index (κ3) is 4.96. The molecule has 2 atom stereocenters. The number of benzene rings is 2. The molecule has 2 aromatic rings. The lowest BCUT2D eigenvalue weighted by atomic mass is 10.0. The van der Waals surface area contributed by atoms with Gasteiger partial charge in [0.1, 0.15) is 0 Å². The highest BCUT2D eigenvalue weighted by atomic mass is 35.5. The van der Waals surface area contributed by atoms with Gasteiger partial charge in [-0.05, 0) is 49.2 Å². The second kappa shape index (κ2) is 7.82. The summed E-state index contributed by atoms with van der Waals surface area (Å²) in [6, 6.07) is 13.5. The summed E-state index contributed by atoms with van der Waals surface area (Å²) >= 11 is 12.2. The lowest BCUT2D eigenvalue weighted by Gasteiger charge is -2.22. The van der Waals surface area contributed by atoms with E-state index in [1.54, 1.807) is 6.07 Å². The van der Waals surface area contributed by atoms with Gasteiger partial charge < -0.3 is 10.6 Å². The van der Waals surface area contributed by atoms with Crippen LogP contribution in [0.4, 0.5) is 5.69 Å². The van der Waals surface area contributed by atoms with Gasteiger partial charge in [0.25, 0.3) is 0 Å². The fraction of sp³-hybridized carbons (Fsp3) is 0.278. The Morgan fingerprint density at radius 2 is 1.78 bits per heavy atom. The van der Waals surface area contributed by atoms with Gasteiger partial charge in [0, 0.05) is 34.7 Å². The van der Waals surface area contributed by atoms with E-state index in [-0.39, 0.29) is 18.0 Å². The molecular formula is C18H20Cl2N2O. The Labute approximate surface area is 147 Å². The predicted octanol–water partition coefficient (Wildman–Crippen LogP) is 5.36. The van der Waals surface area contributed by atoms with Crippen LogP contribution in [0, 0.1) is 0 Å². The zero-order valence-electron chi connectivity index (χ0n) is 13.4. The lowest BCUT2D eigenvalue weighted by Crippen LogP contribution is -2.23. The monoisotopic (exact) mass is 350 g/mol. The number of hydrogen-bond donors (Lipinski definition) is 2. The predicted molar refractivity (Wildman–Crippen MR) is 97.2 cm³/mol. The van der Waals surface area contributed by atoms with Crippen molar-refractivity contribution >= 4 is 34.8 Å². The van der Waals surface area contributed by atoms with E-state index in [9.17, 15) is 4.79 Å². The molecule has 0 aliphatic carbocycles. The second-order valence-electron chi connectivity index (χ2n) is 5.58. The Morgan fingerprint density at radius 1 is 1.04 bits per heavy atom. The SMILES string of the molecule is CC(=O)Nc1cccc(C(C)NC(C)c2ccc(Cl)cc2Cl)c1. The molecule has 0 aliphatic heterocycles. The lowest BCUT2D eigenvalue weighted by molar-refractivity contribution is -0.114. The number of carbonyl (C=O) groups is 1. The normalized spacial score (nSPS) is 13.4. The van der Waals surface area contributed by atoms with Crippen LogP contribution in [0.2, 0.25) is 10.0 Å². The molecule has 23 heavy (non-hydrogen) atoms. The van der Waals surface area contributed by atoms with Gasteiger partial charge in [-0.15, -0.1) is 0 Å². The molecule has 0 saturated heterocycles. The summed E-state index contributed by atoms with van der Waals surface area (Å²) in [5, 5.41) is 7.59. The molecular weight excluding hydrogens is 331 g/mol. The highest BCUT2D eigenvalue weighted by molar-refractivity contribution is 6.35. The van der Waals surface area contributed by atoms with Crippen molar-refractivity contribution in [2.24, 2.45) is 0 Å². The molecule has 2 rings (SSSR count). The molecule has 0 radical (unpaired) electrons. The van der Waals surface area contributed by atoms with Crippen LogP contribution in [-0.2, 0) is 4.79 Å². The number of amides is 1. The maximum absolute atomic E-state index is 11.2. The molecule has 0 spiro atoms. The molecule has 2 unspecified atom stereocenters. The fourth-order valence-corrected chi connectivity index (χ4v) is 3.07. The van der Waals surface area contributed by atoms with E-state index in [4.69, 9.17) is 23.2 Å². The van der Waals surface area contributed by atoms with Gasteiger partial charge in [0.2, 0.25) is 5.91 Å². The zero-order chi connectivity index (χ0) is 17.0. The van der Waals surface area contributed by atoms with E-state index >= 15 is 0 Å². The first-order valence-electron chi connectivity index (χ1n) is 7.45. The van der Waals surface area contributed by atoms with Crippen LogP contribution in [-0.4, -0.2) is 5.91 Å². The summed E-state index contributed by atoms with van der Waals surface area (Å²) in [5.41, 5.74) is 2.88. The molecule has 2 N–H and O–H groups in total. The summed E-state index contributed by atoms with van der Waals surface area (Å²) in [6.45, 7) is 5.63. The fourth-order valence-electron chi connectivity index (χ4n) is 2.50. The van der Waals surface area contributed by atoms with E-state index in [0.717, 1.165) is 16.8 Å². The van der Waals surface area contributed by atoms with Crippen molar-refractivity contribution in [1.29, 1.82) is 0 Å². The van der Waals surface area contributed by atoms with Gasteiger partial charge in [0.05, 0.1) is 0 Å². The van der Waals surface area contributed by atoms with Crippen LogP contribution in [0.5, 0.6) is 0 Å². The number of nitrogens with one attached hydrogen (secondary N) is 2. The summed E-state index contributed by atoms with van der Waals surface area (Å²) in [7, 11) is 0. The molecule has 0 heterocycles. The van der Waals surface area contributed by atoms with Gasteiger partial charge in [0.15, 0.2) is 0 Å². The number of carbonyl (C=O) groups excluding carboxylic acids is 1. The van der Waals surface area contributed by atoms with Crippen LogP contribution in [0.3, 0.4) is 0 Å². The van der Waals surface area contributed by atoms with E-state index in [2.05, 4.69) is 24.5 Å². The van der Waals surface area contributed by atoms with Gasteiger partial charge in [-0.1, -0.05) is 41.4 Å². The van der Waals surface area contributed by atoms with Crippen LogP contribution in [0.1, 0.15) is 44.0 Å². The van der Waals surface area contributed by atoms with Crippen molar-refractivity contribution in [3.8, 4) is 0 Å². The molecule has 122 valence electrons. The number of anilines is 1. The largest absolute Gasteiger partial charge is 0.326 e. The quantitative estimate of drug-likeness (QED) is 0.761. The van der Waals surface area contributed by atoms with Crippen molar-refractivity contribution in [3.05, 3.63) is 63.6 Å². The van der Waals surface area contributed by atoms with E-state index < -0.39 is 0 Å². The molecule has 1 amide bonds.